The van der Waals surface area contributed by atoms with E-state index in [1.807, 2.05) is 34.6 Å². The Morgan fingerprint density at radius 3 is 2.10 bits per heavy atom. The molecule has 4 N–H and O–H groups in total. The fraction of sp³-hybridized carbons (Fsp3) is 0.348. The van der Waals surface area contributed by atoms with Crippen LogP contribution in [0.4, 0.5) is 17.1 Å². The minimum Gasteiger partial charge on any atom is -0.376 e. The molecule has 7 heteroatoms. The monoisotopic (exact) mass is 410 g/mol. The molecule has 0 aliphatic rings. The topological polar surface area (TPSA) is 99.3 Å². The number of benzene rings is 2. The molecule has 0 aliphatic heterocycles. The number of nitrogens with one attached hydrogen (secondary N) is 4. The fourth-order valence-electron chi connectivity index (χ4n) is 2.53. The first-order chi connectivity index (χ1) is 14.0. The average molecular weight is 411 g/mol. The number of carbonyl (C=O) groups is 3. The number of carbonyl (C=O) groups excluding carboxylic acids is 3. The second-order valence-electron chi connectivity index (χ2n) is 8.41. The van der Waals surface area contributed by atoms with Gasteiger partial charge in [-0.3, -0.25) is 14.4 Å². The molecule has 0 bridgehead atoms. The van der Waals surface area contributed by atoms with Crippen LogP contribution in [-0.4, -0.2) is 29.8 Å². The molecule has 7 nitrogen and oxygen atoms in total. The smallest absolute Gasteiger partial charge is 0.251 e. The van der Waals surface area contributed by atoms with Gasteiger partial charge in [0.2, 0.25) is 11.8 Å². The van der Waals surface area contributed by atoms with Gasteiger partial charge in [0.1, 0.15) is 0 Å². The fourth-order valence-corrected chi connectivity index (χ4v) is 2.53. The van der Waals surface area contributed by atoms with E-state index in [2.05, 4.69) is 21.3 Å². The molecule has 0 aliphatic carbocycles. The molecule has 0 saturated heterocycles. The largest absolute Gasteiger partial charge is 0.376 e. The van der Waals surface area contributed by atoms with Crippen molar-refractivity contribution in [2.45, 2.75) is 40.2 Å². The number of hydrogen-bond donors (Lipinski definition) is 4. The lowest BCUT2D eigenvalue weighted by Gasteiger charge is -2.20. The van der Waals surface area contributed by atoms with Gasteiger partial charge in [-0.2, -0.15) is 0 Å². The van der Waals surface area contributed by atoms with E-state index in [0.717, 1.165) is 0 Å². The molecule has 0 saturated carbocycles. The van der Waals surface area contributed by atoms with Crippen LogP contribution in [0.25, 0.3) is 0 Å². The van der Waals surface area contributed by atoms with Gasteiger partial charge < -0.3 is 21.3 Å². The first kappa shape index (κ1) is 22.9. The van der Waals surface area contributed by atoms with Crippen molar-refractivity contribution in [3.63, 3.8) is 0 Å². The first-order valence-corrected chi connectivity index (χ1v) is 9.91. The summed E-state index contributed by atoms with van der Waals surface area (Å²) in [5.41, 5.74) is 2.07. The van der Waals surface area contributed by atoms with Crippen LogP contribution in [0.1, 0.15) is 45.0 Å². The Labute approximate surface area is 177 Å². The summed E-state index contributed by atoms with van der Waals surface area (Å²) in [6, 6.07) is 14.0. The molecular formula is C23H30N4O3. The molecular weight excluding hydrogens is 380 g/mol. The van der Waals surface area contributed by atoms with Gasteiger partial charge >= 0.3 is 0 Å². The van der Waals surface area contributed by atoms with E-state index < -0.39 is 0 Å². The number of hydrogen-bond acceptors (Lipinski definition) is 4. The van der Waals surface area contributed by atoms with Crippen LogP contribution in [0.15, 0.2) is 48.5 Å². The summed E-state index contributed by atoms with van der Waals surface area (Å²) in [7, 11) is 0. The minimum atomic E-state index is -0.330. The van der Waals surface area contributed by atoms with Crippen molar-refractivity contribution in [1.82, 2.24) is 5.32 Å². The van der Waals surface area contributed by atoms with Gasteiger partial charge in [-0.05, 0) is 57.2 Å². The Kier molecular flexibility index (Phi) is 7.58. The summed E-state index contributed by atoms with van der Waals surface area (Å²) >= 11 is 0. The van der Waals surface area contributed by atoms with Gasteiger partial charge in [0.05, 0.1) is 6.54 Å². The van der Waals surface area contributed by atoms with Crippen LogP contribution in [0.3, 0.4) is 0 Å². The van der Waals surface area contributed by atoms with Crippen LogP contribution in [0.2, 0.25) is 0 Å². The minimum absolute atomic E-state index is 0.0346. The van der Waals surface area contributed by atoms with Gasteiger partial charge in [0.15, 0.2) is 0 Å². The van der Waals surface area contributed by atoms with Gasteiger partial charge in [-0.25, -0.2) is 0 Å². The van der Waals surface area contributed by atoms with Crippen molar-refractivity contribution in [1.29, 1.82) is 0 Å². The van der Waals surface area contributed by atoms with Crippen molar-refractivity contribution >= 4 is 34.8 Å². The quantitative estimate of drug-likeness (QED) is 0.557. The molecule has 2 aromatic carbocycles. The van der Waals surface area contributed by atoms with Crippen molar-refractivity contribution in [2.75, 3.05) is 22.5 Å². The van der Waals surface area contributed by atoms with E-state index in [4.69, 9.17) is 0 Å². The van der Waals surface area contributed by atoms with E-state index >= 15 is 0 Å². The zero-order valence-electron chi connectivity index (χ0n) is 18.1. The van der Waals surface area contributed by atoms with Gasteiger partial charge in [-0.15, -0.1) is 0 Å². The second kappa shape index (κ2) is 9.91. The Hall–Kier alpha value is -3.35. The van der Waals surface area contributed by atoms with E-state index in [0.29, 0.717) is 22.6 Å². The third-order valence-corrected chi connectivity index (χ3v) is 4.00. The van der Waals surface area contributed by atoms with E-state index in [1.165, 1.54) is 0 Å². The van der Waals surface area contributed by atoms with Gasteiger partial charge in [0, 0.05) is 34.1 Å². The molecule has 3 amide bonds. The third-order valence-electron chi connectivity index (χ3n) is 4.00. The lowest BCUT2D eigenvalue weighted by atomic mass is 10.1. The molecule has 0 radical (unpaired) electrons. The standard InChI is InChI=1S/C23H30N4O3/c1-15(2)21(29)26-19-11-7-10-18(13-19)25-20(28)14-24-17-9-6-8-16(12-17)22(30)27-23(3,4)5/h6-13,15,24H,14H2,1-5H3,(H,25,28)(H,26,29)(H,27,30). The zero-order valence-corrected chi connectivity index (χ0v) is 18.1. The summed E-state index contributed by atoms with van der Waals surface area (Å²) in [6.07, 6.45) is 0. The van der Waals surface area contributed by atoms with Gasteiger partial charge in [-0.1, -0.05) is 26.0 Å². The van der Waals surface area contributed by atoms with Crippen LogP contribution in [0, 0.1) is 5.92 Å². The normalized spacial score (nSPS) is 11.0. The maximum Gasteiger partial charge on any atom is 0.251 e. The Morgan fingerprint density at radius 2 is 1.47 bits per heavy atom. The Balaban J connectivity index is 1.93. The highest BCUT2D eigenvalue weighted by Crippen LogP contribution is 2.16. The highest BCUT2D eigenvalue weighted by Gasteiger charge is 2.15. The third kappa shape index (κ3) is 7.58. The molecule has 0 atom stereocenters. The highest BCUT2D eigenvalue weighted by atomic mass is 16.2. The predicted octanol–water partition coefficient (Wildman–Crippen LogP) is 3.86. The Bertz CT molecular complexity index is 917. The lowest BCUT2D eigenvalue weighted by molar-refractivity contribution is -0.119. The summed E-state index contributed by atoms with van der Waals surface area (Å²) < 4.78 is 0. The summed E-state index contributed by atoms with van der Waals surface area (Å²) in [5.74, 6) is -0.632. The number of amides is 3. The van der Waals surface area contributed by atoms with Gasteiger partial charge in [0.25, 0.3) is 5.91 Å². The maximum atomic E-state index is 12.3. The SMILES string of the molecule is CC(C)C(=O)Nc1cccc(NC(=O)CNc2cccc(C(=O)NC(C)(C)C)c2)c1. The van der Waals surface area contributed by atoms with E-state index in [9.17, 15) is 14.4 Å². The van der Waals surface area contributed by atoms with Crippen molar-refractivity contribution in [3.8, 4) is 0 Å². The van der Waals surface area contributed by atoms with E-state index in [-0.39, 0.29) is 35.7 Å². The first-order valence-electron chi connectivity index (χ1n) is 9.91. The van der Waals surface area contributed by atoms with Crippen LogP contribution < -0.4 is 21.3 Å². The molecule has 0 fully saturated rings. The molecule has 2 rings (SSSR count). The second-order valence-corrected chi connectivity index (χ2v) is 8.41. The lowest BCUT2D eigenvalue weighted by Crippen LogP contribution is -2.40. The van der Waals surface area contributed by atoms with Crippen molar-refractivity contribution < 1.29 is 14.4 Å². The highest BCUT2D eigenvalue weighted by molar-refractivity contribution is 5.97. The number of rotatable bonds is 7. The zero-order chi connectivity index (χ0) is 22.3. The summed E-state index contributed by atoms with van der Waals surface area (Å²) in [4.78, 5) is 36.4. The molecule has 160 valence electrons. The summed E-state index contributed by atoms with van der Waals surface area (Å²) in [6.45, 7) is 9.41. The van der Waals surface area contributed by atoms with E-state index in [1.54, 1.807) is 48.5 Å². The van der Waals surface area contributed by atoms with Crippen molar-refractivity contribution in [2.24, 2.45) is 5.92 Å². The van der Waals surface area contributed by atoms with Crippen LogP contribution in [-0.2, 0) is 9.59 Å². The molecule has 30 heavy (non-hydrogen) atoms. The predicted molar refractivity (Wildman–Crippen MR) is 121 cm³/mol. The van der Waals surface area contributed by atoms with Crippen molar-refractivity contribution in [3.05, 3.63) is 54.1 Å². The average Bonchev–Trinajstić information content (AvgIpc) is 2.65. The van der Waals surface area contributed by atoms with Crippen LogP contribution >= 0.6 is 0 Å². The molecule has 0 spiro atoms. The molecule has 0 aromatic heterocycles. The molecule has 0 unspecified atom stereocenters. The molecule has 2 aromatic rings. The number of anilines is 3. The Morgan fingerprint density at radius 1 is 0.867 bits per heavy atom. The van der Waals surface area contributed by atoms with Crippen LogP contribution in [0.5, 0.6) is 0 Å². The maximum absolute atomic E-state index is 12.3. The summed E-state index contributed by atoms with van der Waals surface area (Å²) in [5, 5.41) is 11.5. The molecule has 0 heterocycles.